The molecule has 3 rings (SSSR count). The van der Waals surface area contributed by atoms with Crippen molar-refractivity contribution < 1.29 is 14.3 Å². The van der Waals surface area contributed by atoms with Crippen molar-refractivity contribution in [3.63, 3.8) is 0 Å². The van der Waals surface area contributed by atoms with E-state index in [1.807, 2.05) is 36.4 Å². The summed E-state index contributed by atoms with van der Waals surface area (Å²) in [6.07, 6.45) is 1.25. The maximum Gasteiger partial charge on any atom is 0.224 e. The fourth-order valence-corrected chi connectivity index (χ4v) is 3.06. The molecule has 1 N–H and O–H groups in total. The van der Waals surface area contributed by atoms with Crippen molar-refractivity contribution in [2.45, 2.75) is 32.7 Å². The molecule has 1 amide bonds. The van der Waals surface area contributed by atoms with Gasteiger partial charge in [0.05, 0.1) is 12.5 Å². The van der Waals surface area contributed by atoms with Crippen LogP contribution in [0.15, 0.2) is 48.5 Å². The SMILES string of the molecule is CC(C)CC(NC(=O)Cc1ccc2c(c1)OCCO2)c1ccccc1. The summed E-state index contributed by atoms with van der Waals surface area (Å²) >= 11 is 0. The normalized spacial score (nSPS) is 14.2. The Morgan fingerprint density at radius 3 is 2.48 bits per heavy atom. The molecular weight excluding hydrogens is 314 g/mol. The van der Waals surface area contributed by atoms with Crippen LogP contribution in [-0.4, -0.2) is 19.1 Å². The lowest BCUT2D eigenvalue weighted by Crippen LogP contribution is -2.30. The number of carbonyl (C=O) groups excluding carboxylic acids is 1. The molecule has 0 aliphatic carbocycles. The summed E-state index contributed by atoms with van der Waals surface area (Å²) < 4.78 is 11.1. The predicted octanol–water partition coefficient (Wildman–Crippen LogP) is 3.90. The van der Waals surface area contributed by atoms with Crippen LogP contribution in [0, 0.1) is 5.92 Å². The van der Waals surface area contributed by atoms with Crippen LogP contribution in [-0.2, 0) is 11.2 Å². The van der Waals surface area contributed by atoms with Gasteiger partial charge >= 0.3 is 0 Å². The van der Waals surface area contributed by atoms with Crippen LogP contribution in [0.4, 0.5) is 0 Å². The van der Waals surface area contributed by atoms with Gasteiger partial charge in [-0.3, -0.25) is 4.79 Å². The number of rotatable bonds is 6. The molecule has 132 valence electrons. The van der Waals surface area contributed by atoms with E-state index in [-0.39, 0.29) is 11.9 Å². The van der Waals surface area contributed by atoms with E-state index in [1.165, 1.54) is 0 Å². The third-order valence-electron chi connectivity index (χ3n) is 4.22. The summed E-state index contributed by atoms with van der Waals surface area (Å²) in [4.78, 5) is 12.6. The molecule has 0 bridgehead atoms. The first-order valence-electron chi connectivity index (χ1n) is 8.84. The Balaban J connectivity index is 1.67. The Bertz CT molecular complexity index is 712. The van der Waals surface area contributed by atoms with Crippen molar-refractivity contribution in [1.82, 2.24) is 5.32 Å². The molecule has 25 heavy (non-hydrogen) atoms. The minimum absolute atomic E-state index is 0.0196. The number of ether oxygens (including phenoxy) is 2. The first-order chi connectivity index (χ1) is 12.1. The second-order valence-corrected chi connectivity index (χ2v) is 6.82. The average molecular weight is 339 g/mol. The molecule has 1 aliphatic rings. The zero-order chi connectivity index (χ0) is 17.6. The Hall–Kier alpha value is -2.49. The molecular formula is C21H25NO3. The van der Waals surface area contributed by atoms with Gasteiger partial charge in [0.2, 0.25) is 5.91 Å². The molecule has 0 saturated heterocycles. The van der Waals surface area contributed by atoms with Gasteiger partial charge in [-0.05, 0) is 35.6 Å². The summed E-state index contributed by atoms with van der Waals surface area (Å²) in [5.74, 6) is 1.99. The Labute approximate surface area is 149 Å². The minimum atomic E-state index is 0.0196. The zero-order valence-corrected chi connectivity index (χ0v) is 14.8. The second kappa shape index (κ2) is 8.06. The lowest BCUT2D eigenvalue weighted by atomic mass is 9.96. The number of nitrogens with one attached hydrogen (secondary N) is 1. The van der Waals surface area contributed by atoms with Gasteiger partial charge in [0.25, 0.3) is 0 Å². The van der Waals surface area contributed by atoms with E-state index in [0.717, 1.165) is 29.0 Å². The van der Waals surface area contributed by atoms with Crippen molar-refractivity contribution in [2.24, 2.45) is 5.92 Å². The highest BCUT2D eigenvalue weighted by atomic mass is 16.6. The number of carbonyl (C=O) groups is 1. The van der Waals surface area contributed by atoms with E-state index in [0.29, 0.717) is 25.6 Å². The summed E-state index contributed by atoms with van der Waals surface area (Å²) in [7, 11) is 0. The molecule has 0 saturated carbocycles. The zero-order valence-electron chi connectivity index (χ0n) is 14.8. The van der Waals surface area contributed by atoms with Crippen LogP contribution in [0.3, 0.4) is 0 Å². The fourth-order valence-electron chi connectivity index (χ4n) is 3.06. The number of fused-ring (bicyclic) bond motifs is 1. The van der Waals surface area contributed by atoms with Crippen LogP contribution in [0.5, 0.6) is 11.5 Å². The van der Waals surface area contributed by atoms with Gasteiger partial charge in [-0.2, -0.15) is 0 Å². The molecule has 1 atom stereocenters. The van der Waals surface area contributed by atoms with Gasteiger partial charge in [-0.1, -0.05) is 50.2 Å². The molecule has 0 fully saturated rings. The molecule has 4 heteroatoms. The number of hydrogen-bond acceptors (Lipinski definition) is 3. The molecule has 0 radical (unpaired) electrons. The van der Waals surface area contributed by atoms with E-state index in [9.17, 15) is 4.79 Å². The molecule has 2 aromatic carbocycles. The summed E-state index contributed by atoms with van der Waals surface area (Å²) in [6, 6.07) is 15.9. The first-order valence-corrected chi connectivity index (χ1v) is 8.84. The lowest BCUT2D eigenvalue weighted by molar-refractivity contribution is -0.121. The van der Waals surface area contributed by atoms with Crippen LogP contribution in [0.1, 0.15) is 37.4 Å². The molecule has 0 aromatic heterocycles. The van der Waals surface area contributed by atoms with E-state index < -0.39 is 0 Å². The van der Waals surface area contributed by atoms with E-state index in [1.54, 1.807) is 0 Å². The Kier molecular flexibility index (Phi) is 5.59. The summed E-state index contributed by atoms with van der Waals surface area (Å²) in [5.41, 5.74) is 2.07. The highest BCUT2D eigenvalue weighted by Crippen LogP contribution is 2.31. The molecule has 1 aliphatic heterocycles. The van der Waals surface area contributed by atoms with Crippen LogP contribution < -0.4 is 14.8 Å². The molecule has 1 unspecified atom stereocenters. The third-order valence-corrected chi connectivity index (χ3v) is 4.22. The fraction of sp³-hybridized carbons (Fsp3) is 0.381. The molecule has 1 heterocycles. The minimum Gasteiger partial charge on any atom is -0.486 e. The topological polar surface area (TPSA) is 47.6 Å². The van der Waals surface area contributed by atoms with E-state index >= 15 is 0 Å². The highest BCUT2D eigenvalue weighted by Gasteiger charge is 2.17. The molecule has 4 nitrogen and oxygen atoms in total. The highest BCUT2D eigenvalue weighted by molar-refractivity contribution is 5.79. The average Bonchev–Trinajstić information content (AvgIpc) is 2.61. The molecule has 2 aromatic rings. The Morgan fingerprint density at radius 1 is 1.04 bits per heavy atom. The number of hydrogen-bond donors (Lipinski definition) is 1. The van der Waals surface area contributed by atoms with E-state index in [2.05, 4.69) is 31.3 Å². The number of benzene rings is 2. The van der Waals surface area contributed by atoms with Gasteiger partial charge in [0.15, 0.2) is 11.5 Å². The van der Waals surface area contributed by atoms with Gasteiger partial charge in [-0.15, -0.1) is 0 Å². The van der Waals surface area contributed by atoms with Gasteiger partial charge in [0, 0.05) is 0 Å². The van der Waals surface area contributed by atoms with Crippen molar-refractivity contribution in [3.05, 3.63) is 59.7 Å². The van der Waals surface area contributed by atoms with Crippen molar-refractivity contribution in [2.75, 3.05) is 13.2 Å². The maximum atomic E-state index is 12.6. The second-order valence-electron chi connectivity index (χ2n) is 6.82. The maximum absolute atomic E-state index is 12.6. The summed E-state index contributed by atoms with van der Waals surface area (Å²) in [6.45, 7) is 5.46. The van der Waals surface area contributed by atoms with Crippen molar-refractivity contribution >= 4 is 5.91 Å². The predicted molar refractivity (Wildman–Crippen MR) is 97.9 cm³/mol. The van der Waals surface area contributed by atoms with Gasteiger partial charge in [0.1, 0.15) is 13.2 Å². The Morgan fingerprint density at radius 2 is 1.76 bits per heavy atom. The quantitative estimate of drug-likeness (QED) is 0.868. The van der Waals surface area contributed by atoms with Gasteiger partial charge in [-0.25, -0.2) is 0 Å². The third kappa shape index (κ3) is 4.75. The van der Waals surface area contributed by atoms with Crippen LogP contribution >= 0.6 is 0 Å². The number of amides is 1. The largest absolute Gasteiger partial charge is 0.486 e. The van der Waals surface area contributed by atoms with Crippen molar-refractivity contribution in [3.8, 4) is 11.5 Å². The molecule has 0 spiro atoms. The van der Waals surface area contributed by atoms with E-state index in [4.69, 9.17) is 9.47 Å². The summed E-state index contributed by atoms with van der Waals surface area (Å²) in [5, 5.41) is 3.18. The van der Waals surface area contributed by atoms with Crippen molar-refractivity contribution in [1.29, 1.82) is 0 Å². The monoisotopic (exact) mass is 339 g/mol. The smallest absolute Gasteiger partial charge is 0.224 e. The first kappa shape index (κ1) is 17.3. The standard InChI is InChI=1S/C21H25NO3/c1-15(2)12-18(17-6-4-3-5-7-17)22-21(23)14-16-8-9-19-20(13-16)25-11-10-24-19/h3-9,13,15,18H,10-12,14H2,1-2H3,(H,22,23). The van der Waals surface area contributed by atoms with Gasteiger partial charge < -0.3 is 14.8 Å². The van der Waals surface area contributed by atoms with Crippen LogP contribution in [0.2, 0.25) is 0 Å². The lowest BCUT2D eigenvalue weighted by Gasteiger charge is -2.22. The van der Waals surface area contributed by atoms with Crippen LogP contribution in [0.25, 0.3) is 0 Å².